The number of aromatic carboxylic acids is 1. The zero-order chi connectivity index (χ0) is 25.8. The first-order chi connectivity index (χ1) is 16.6. The Bertz CT molecular complexity index is 1380. The van der Waals surface area contributed by atoms with Crippen molar-refractivity contribution < 1.29 is 37.3 Å². The molecule has 0 saturated heterocycles. The number of nitrogens with one attached hydrogen (secondary N) is 2. The highest BCUT2D eigenvalue weighted by Crippen LogP contribution is 2.39. The van der Waals surface area contributed by atoms with E-state index in [1.54, 1.807) is 0 Å². The van der Waals surface area contributed by atoms with Crippen molar-refractivity contribution in [1.29, 1.82) is 0 Å². The average molecular weight is 521 g/mol. The summed E-state index contributed by atoms with van der Waals surface area (Å²) in [5, 5.41) is 11.8. The smallest absolute Gasteiger partial charge is 0.335 e. The van der Waals surface area contributed by atoms with Gasteiger partial charge in [0.05, 0.1) is 32.6 Å². The number of methoxy groups -OCH3 is 3. The molecule has 0 aliphatic heterocycles. The van der Waals surface area contributed by atoms with Gasteiger partial charge in [-0.05, 0) is 54.6 Å². The molecule has 3 aromatic carbocycles. The van der Waals surface area contributed by atoms with Crippen LogP contribution in [0.4, 0.5) is 11.4 Å². The summed E-state index contributed by atoms with van der Waals surface area (Å²) in [5.41, 5.74) is 0.365. The molecule has 1 amide bonds. The number of rotatable bonds is 9. The Hall–Kier alpha value is -3.96. The fourth-order valence-electron chi connectivity index (χ4n) is 3.13. The first-order valence-electron chi connectivity index (χ1n) is 9.86. The summed E-state index contributed by atoms with van der Waals surface area (Å²) in [5.74, 6) is -1.51. The van der Waals surface area contributed by atoms with Crippen LogP contribution in [0.1, 0.15) is 20.7 Å². The lowest BCUT2D eigenvalue weighted by Gasteiger charge is -2.17. The molecule has 3 N–H and O–H groups in total. The Morgan fingerprint density at radius 3 is 2.09 bits per heavy atom. The zero-order valence-corrected chi connectivity index (χ0v) is 20.4. The van der Waals surface area contributed by atoms with E-state index in [9.17, 15) is 18.0 Å². The van der Waals surface area contributed by atoms with Crippen molar-refractivity contribution in [2.24, 2.45) is 0 Å². The number of benzene rings is 3. The third-order valence-electron chi connectivity index (χ3n) is 4.79. The molecule has 0 aliphatic rings. The highest BCUT2D eigenvalue weighted by Gasteiger charge is 2.25. The zero-order valence-electron chi connectivity index (χ0n) is 18.8. The van der Waals surface area contributed by atoms with Crippen LogP contribution in [0.15, 0.2) is 59.5 Å². The molecule has 0 fully saturated rings. The van der Waals surface area contributed by atoms with Crippen LogP contribution >= 0.6 is 11.6 Å². The second-order valence-corrected chi connectivity index (χ2v) is 9.08. The summed E-state index contributed by atoms with van der Waals surface area (Å²) in [4.78, 5) is 23.7. The number of carbonyl (C=O) groups is 2. The molecule has 0 heterocycles. The van der Waals surface area contributed by atoms with E-state index in [0.717, 1.165) is 0 Å². The maximum atomic E-state index is 13.2. The van der Waals surface area contributed by atoms with Crippen molar-refractivity contribution in [1.82, 2.24) is 0 Å². The molecule has 0 bridgehead atoms. The number of hydrogen-bond acceptors (Lipinski definition) is 7. The minimum atomic E-state index is -4.23. The summed E-state index contributed by atoms with van der Waals surface area (Å²) < 4.78 is 44.5. The number of carbonyl (C=O) groups excluding carboxylic acids is 1. The van der Waals surface area contributed by atoms with Crippen molar-refractivity contribution in [2.75, 3.05) is 31.4 Å². The van der Waals surface area contributed by atoms with Crippen LogP contribution in [0.25, 0.3) is 0 Å². The van der Waals surface area contributed by atoms with Gasteiger partial charge >= 0.3 is 5.97 Å². The minimum absolute atomic E-state index is 0.0411. The van der Waals surface area contributed by atoms with Gasteiger partial charge in [0.25, 0.3) is 15.9 Å². The lowest BCUT2D eigenvalue weighted by Crippen LogP contribution is -2.17. The fraction of sp³-hybridized carbons (Fsp3) is 0.130. The van der Waals surface area contributed by atoms with Crippen LogP contribution in [0.5, 0.6) is 17.2 Å². The standard InChI is InChI=1S/C23H21ClN2O8S/c1-32-18-9-6-15(24)12-20(18)35(30,31)26-17-10-14(11-19(33-2)21(17)34-3)22(27)25-16-7-4-13(5-8-16)23(28)29/h4-12,26H,1-3H3,(H,25,27)(H,28,29). The Balaban J connectivity index is 2.00. The normalized spacial score (nSPS) is 10.9. The van der Waals surface area contributed by atoms with Crippen LogP contribution in [-0.4, -0.2) is 46.7 Å². The van der Waals surface area contributed by atoms with Crippen molar-refractivity contribution in [3.63, 3.8) is 0 Å². The van der Waals surface area contributed by atoms with E-state index >= 15 is 0 Å². The van der Waals surface area contributed by atoms with Crippen LogP contribution in [0.3, 0.4) is 0 Å². The van der Waals surface area contributed by atoms with Gasteiger partial charge in [0.2, 0.25) is 0 Å². The summed E-state index contributed by atoms with van der Waals surface area (Å²) in [6.45, 7) is 0. The van der Waals surface area contributed by atoms with E-state index in [-0.39, 0.29) is 44.0 Å². The van der Waals surface area contributed by atoms with Gasteiger partial charge in [-0.2, -0.15) is 0 Å². The number of carboxylic acid groups (broad SMARTS) is 1. The van der Waals surface area contributed by atoms with Gasteiger partial charge in [-0.15, -0.1) is 0 Å². The van der Waals surface area contributed by atoms with Gasteiger partial charge in [-0.1, -0.05) is 11.6 Å². The van der Waals surface area contributed by atoms with E-state index in [1.165, 1.54) is 75.9 Å². The topological polar surface area (TPSA) is 140 Å². The molecular weight excluding hydrogens is 500 g/mol. The predicted octanol–water partition coefficient (Wildman–Crippen LogP) is 4.12. The van der Waals surface area contributed by atoms with Crippen molar-refractivity contribution in [2.45, 2.75) is 4.90 Å². The van der Waals surface area contributed by atoms with Crippen LogP contribution in [0, 0.1) is 0 Å². The molecule has 0 unspecified atom stereocenters. The average Bonchev–Trinajstić information content (AvgIpc) is 2.83. The van der Waals surface area contributed by atoms with Crippen LogP contribution < -0.4 is 24.2 Å². The first kappa shape index (κ1) is 25.7. The molecule has 0 saturated carbocycles. The Labute approximate surface area is 206 Å². The van der Waals surface area contributed by atoms with E-state index in [2.05, 4.69) is 10.0 Å². The van der Waals surface area contributed by atoms with Gasteiger partial charge in [0.1, 0.15) is 10.6 Å². The van der Waals surface area contributed by atoms with E-state index < -0.39 is 21.9 Å². The Morgan fingerprint density at radius 2 is 1.51 bits per heavy atom. The molecular formula is C23H21ClN2O8S. The first-order valence-corrected chi connectivity index (χ1v) is 11.7. The molecule has 184 valence electrons. The van der Waals surface area contributed by atoms with Crippen molar-refractivity contribution >= 4 is 44.9 Å². The van der Waals surface area contributed by atoms with Gasteiger partial charge in [-0.25, -0.2) is 13.2 Å². The molecule has 10 nitrogen and oxygen atoms in total. The monoisotopic (exact) mass is 520 g/mol. The minimum Gasteiger partial charge on any atom is -0.495 e. The lowest BCUT2D eigenvalue weighted by atomic mass is 10.1. The van der Waals surface area contributed by atoms with E-state index in [1.807, 2.05) is 0 Å². The van der Waals surface area contributed by atoms with Gasteiger partial charge in [0, 0.05) is 16.3 Å². The molecule has 0 atom stereocenters. The highest BCUT2D eigenvalue weighted by atomic mass is 35.5. The summed E-state index contributed by atoms with van der Waals surface area (Å²) in [7, 11) is -0.259. The van der Waals surface area contributed by atoms with Gasteiger partial charge in [0.15, 0.2) is 11.5 Å². The van der Waals surface area contributed by atoms with Gasteiger partial charge < -0.3 is 24.6 Å². The number of amides is 1. The third kappa shape index (κ3) is 5.76. The maximum Gasteiger partial charge on any atom is 0.335 e. The molecule has 12 heteroatoms. The third-order valence-corrected chi connectivity index (χ3v) is 6.41. The summed E-state index contributed by atoms with van der Waals surface area (Å²) in [6, 6.07) is 12.3. The van der Waals surface area contributed by atoms with Crippen molar-refractivity contribution in [3.05, 3.63) is 70.7 Å². The lowest BCUT2D eigenvalue weighted by molar-refractivity contribution is 0.0696. The number of hydrogen-bond donors (Lipinski definition) is 3. The van der Waals surface area contributed by atoms with Crippen LogP contribution in [0.2, 0.25) is 5.02 Å². The quantitative estimate of drug-likeness (QED) is 0.383. The Kier molecular flexibility index (Phi) is 7.72. The molecule has 0 radical (unpaired) electrons. The second kappa shape index (κ2) is 10.5. The SMILES string of the molecule is COc1ccc(Cl)cc1S(=O)(=O)Nc1cc(C(=O)Nc2ccc(C(=O)O)cc2)cc(OC)c1OC. The molecule has 3 rings (SSSR count). The number of ether oxygens (including phenoxy) is 3. The van der Waals surface area contributed by atoms with E-state index in [0.29, 0.717) is 5.69 Å². The number of anilines is 2. The predicted molar refractivity (Wildman–Crippen MR) is 130 cm³/mol. The van der Waals surface area contributed by atoms with Gasteiger partial charge in [-0.3, -0.25) is 9.52 Å². The van der Waals surface area contributed by atoms with E-state index in [4.69, 9.17) is 30.9 Å². The highest BCUT2D eigenvalue weighted by molar-refractivity contribution is 7.92. The Morgan fingerprint density at radius 1 is 0.857 bits per heavy atom. The van der Waals surface area contributed by atoms with Crippen molar-refractivity contribution in [3.8, 4) is 17.2 Å². The second-order valence-electron chi connectivity index (χ2n) is 7.00. The maximum absolute atomic E-state index is 13.2. The molecule has 0 aromatic heterocycles. The number of halogens is 1. The molecule has 35 heavy (non-hydrogen) atoms. The fourth-order valence-corrected chi connectivity index (χ4v) is 4.62. The number of carboxylic acids is 1. The molecule has 0 spiro atoms. The summed E-state index contributed by atoms with van der Waals surface area (Å²) >= 11 is 5.98. The largest absolute Gasteiger partial charge is 0.495 e. The number of sulfonamides is 1. The summed E-state index contributed by atoms with van der Waals surface area (Å²) in [6.07, 6.45) is 0. The van der Waals surface area contributed by atoms with Crippen LogP contribution in [-0.2, 0) is 10.0 Å². The molecule has 0 aliphatic carbocycles. The molecule has 3 aromatic rings.